The molecule has 1 saturated heterocycles. The summed E-state index contributed by atoms with van der Waals surface area (Å²) in [4.78, 5) is 6.87. The van der Waals surface area contributed by atoms with Gasteiger partial charge in [0.2, 0.25) is 0 Å². The number of rotatable bonds is 5. The molecule has 1 saturated carbocycles. The first-order valence-electron chi connectivity index (χ1n) is 10.4. The lowest BCUT2D eigenvalue weighted by atomic mass is 10.0. The Hall–Kier alpha value is -1.77. The normalized spacial score (nSPS) is 20.0. The maximum Gasteiger partial charge on any atom is 0.193 e. The minimum Gasteiger partial charge on any atom is -0.490 e. The van der Waals surface area contributed by atoms with Crippen molar-refractivity contribution in [3.63, 3.8) is 0 Å². The van der Waals surface area contributed by atoms with E-state index >= 15 is 0 Å². The van der Waals surface area contributed by atoms with Crippen LogP contribution in [0.15, 0.2) is 41.7 Å². The van der Waals surface area contributed by atoms with E-state index in [-0.39, 0.29) is 24.0 Å². The molecule has 1 unspecified atom stereocenters. The van der Waals surface area contributed by atoms with Crippen LogP contribution < -0.4 is 10.1 Å². The molecule has 0 bridgehead atoms. The fraction of sp³-hybridized carbons (Fsp3) is 0.545. The number of aromatic nitrogens is 2. The summed E-state index contributed by atoms with van der Waals surface area (Å²) < 4.78 is 8.15. The van der Waals surface area contributed by atoms with Crippen molar-refractivity contribution in [3.8, 4) is 5.75 Å². The van der Waals surface area contributed by atoms with Crippen LogP contribution in [-0.4, -0.2) is 46.9 Å². The predicted octanol–water partition coefficient (Wildman–Crippen LogP) is 3.92. The number of aryl methyl sites for hydroxylation is 1. The highest BCUT2D eigenvalue weighted by molar-refractivity contribution is 14.0. The zero-order chi connectivity index (χ0) is 19.3. The quantitative estimate of drug-likeness (QED) is 0.377. The monoisotopic (exact) mass is 509 g/mol. The maximum absolute atomic E-state index is 6.27. The molecule has 2 aromatic rings. The fourth-order valence-electron chi connectivity index (χ4n) is 4.33. The highest BCUT2D eigenvalue weighted by atomic mass is 127. The Kier molecular flexibility index (Phi) is 7.80. The number of likely N-dealkylation sites (tertiary alicyclic amines) is 1. The Morgan fingerprint density at radius 3 is 2.76 bits per heavy atom. The first-order chi connectivity index (χ1) is 13.7. The van der Waals surface area contributed by atoms with Crippen LogP contribution in [-0.2, 0) is 13.6 Å². The van der Waals surface area contributed by atoms with E-state index in [0.29, 0.717) is 12.0 Å². The minimum atomic E-state index is 0. The van der Waals surface area contributed by atoms with Crippen LogP contribution in [0.2, 0.25) is 0 Å². The molecule has 2 fully saturated rings. The van der Waals surface area contributed by atoms with Gasteiger partial charge in [0.05, 0.1) is 12.3 Å². The van der Waals surface area contributed by atoms with Gasteiger partial charge in [-0.3, -0.25) is 9.67 Å². The van der Waals surface area contributed by atoms with Crippen molar-refractivity contribution in [1.82, 2.24) is 20.0 Å². The number of benzene rings is 1. The zero-order valence-corrected chi connectivity index (χ0v) is 19.7. The SMILES string of the molecule is CN=C(NCc1ccccc1OC1CCCC1)N1CCC(c2cnn(C)c2)C1.I. The third kappa shape index (κ3) is 5.43. The summed E-state index contributed by atoms with van der Waals surface area (Å²) in [7, 11) is 3.84. The molecular formula is C22H32IN5O. The lowest BCUT2D eigenvalue weighted by molar-refractivity contribution is 0.208. The van der Waals surface area contributed by atoms with E-state index in [0.717, 1.165) is 37.8 Å². The number of aliphatic imine (C=N–C) groups is 1. The minimum absolute atomic E-state index is 0. The van der Waals surface area contributed by atoms with Crippen molar-refractivity contribution < 1.29 is 4.74 Å². The summed E-state index contributed by atoms with van der Waals surface area (Å²) in [6, 6.07) is 8.37. The third-order valence-corrected chi connectivity index (χ3v) is 5.90. The maximum atomic E-state index is 6.27. The third-order valence-electron chi connectivity index (χ3n) is 5.90. The fourth-order valence-corrected chi connectivity index (χ4v) is 4.33. The number of para-hydroxylation sites is 1. The molecule has 0 spiro atoms. The van der Waals surface area contributed by atoms with Gasteiger partial charge in [0.25, 0.3) is 0 Å². The number of nitrogens with one attached hydrogen (secondary N) is 1. The van der Waals surface area contributed by atoms with Crippen LogP contribution in [0.3, 0.4) is 0 Å². The van der Waals surface area contributed by atoms with Crippen LogP contribution in [0.4, 0.5) is 0 Å². The number of nitrogens with zero attached hydrogens (tertiary/aromatic N) is 4. The molecule has 7 heteroatoms. The van der Waals surface area contributed by atoms with Gasteiger partial charge in [-0.2, -0.15) is 5.10 Å². The Balaban J connectivity index is 0.00000240. The second kappa shape index (κ2) is 10.3. The van der Waals surface area contributed by atoms with Gasteiger partial charge in [-0.1, -0.05) is 18.2 Å². The van der Waals surface area contributed by atoms with Crippen LogP contribution in [0, 0.1) is 0 Å². The first-order valence-corrected chi connectivity index (χ1v) is 10.4. The average molecular weight is 509 g/mol. The predicted molar refractivity (Wildman–Crippen MR) is 127 cm³/mol. The average Bonchev–Trinajstić information content (AvgIpc) is 3.45. The molecule has 2 aliphatic rings. The molecule has 1 aromatic carbocycles. The van der Waals surface area contributed by atoms with Crippen molar-refractivity contribution >= 4 is 29.9 Å². The molecule has 29 heavy (non-hydrogen) atoms. The van der Waals surface area contributed by atoms with Gasteiger partial charge in [0.1, 0.15) is 5.75 Å². The van der Waals surface area contributed by atoms with Crippen LogP contribution in [0.1, 0.15) is 49.1 Å². The van der Waals surface area contributed by atoms with E-state index < -0.39 is 0 Å². The highest BCUT2D eigenvalue weighted by Crippen LogP contribution is 2.28. The topological polar surface area (TPSA) is 54.7 Å². The molecule has 1 N–H and O–H groups in total. The van der Waals surface area contributed by atoms with E-state index in [1.165, 1.54) is 36.8 Å². The van der Waals surface area contributed by atoms with Crippen molar-refractivity contribution in [3.05, 3.63) is 47.8 Å². The van der Waals surface area contributed by atoms with E-state index in [1.54, 1.807) is 0 Å². The molecule has 6 nitrogen and oxygen atoms in total. The summed E-state index contributed by atoms with van der Waals surface area (Å²) >= 11 is 0. The molecule has 2 heterocycles. The number of hydrogen-bond donors (Lipinski definition) is 1. The largest absolute Gasteiger partial charge is 0.490 e. The summed E-state index contributed by atoms with van der Waals surface area (Å²) in [5.41, 5.74) is 2.51. The lowest BCUT2D eigenvalue weighted by Crippen LogP contribution is -2.39. The Labute approximate surface area is 190 Å². The summed E-state index contributed by atoms with van der Waals surface area (Å²) in [5.74, 6) is 2.49. The van der Waals surface area contributed by atoms with Crippen LogP contribution in [0.5, 0.6) is 5.75 Å². The van der Waals surface area contributed by atoms with Crippen LogP contribution in [0.25, 0.3) is 0 Å². The Morgan fingerprint density at radius 2 is 2.03 bits per heavy atom. The van der Waals surface area contributed by atoms with Gasteiger partial charge in [-0.15, -0.1) is 24.0 Å². The molecule has 1 aliphatic carbocycles. The van der Waals surface area contributed by atoms with Crippen molar-refractivity contribution in [2.45, 2.75) is 50.7 Å². The van der Waals surface area contributed by atoms with Gasteiger partial charge in [0, 0.05) is 51.4 Å². The van der Waals surface area contributed by atoms with Gasteiger partial charge >= 0.3 is 0 Å². The first kappa shape index (κ1) is 21.9. The Bertz CT molecular complexity index is 815. The molecule has 1 aromatic heterocycles. The van der Waals surface area contributed by atoms with Crippen LogP contribution >= 0.6 is 24.0 Å². The van der Waals surface area contributed by atoms with Gasteiger partial charge in [-0.25, -0.2) is 0 Å². The lowest BCUT2D eigenvalue weighted by Gasteiger charge is -2.23. The van der Waals surface area contributed by atoms with E-state index in [1.807, 2.05) is 25.0 Å². The molecule has 158 valence electrons. The molecule has 1 atom stereocenters. The second-order valence-electron chi connectivity index (χ2n) is 7.91. The number of guanidine groups is 1. The molecule has 4 rings (SSSR count). The van der Waals surface area contributed by atoms with Gasteiger partial charge in [0.15, 0.2) is 5.96 Å². The van der Waals surface area contributed by atoms with Crippen molar-refractivity contribution in [1.29, 1.82) is 0 Å². The van der Waals surface area contributed by atoms with E-state index in [2.05, 4.69) is 50.8 Å². The van der Waals surface area contributed by atoms with Crippen molar-refractivity contribution in [2.24, 2.45) is 12.0 Å². The summed E-state index contributed by atoms with van der Waals surface area (Å²) in [6.07, 6.45) is 10.5. The molecule has 0 amide bonds. The van der Waals surface area contributed by atoms with Gasteiger partial charge in [-0.05, 0) is 43.7 Å². The van der Waals surface area contributed by atoms with E-state index in [4.69, 9.17) is 4.74 Å². The molecule has 1 aliphatic heterocycles. The summed E-state index contributed by atoms with van der Waals surface area (Å²) in [5, 5.41) is 7.86. The number of hydrogen-bond acceptors (Lipinski definition) is 3. The smallest absolute Gasteiger partial charge is 0.193 e. The number of halogens is 1. The van der Waals surface area contributed by atoms with Gasteiger partial charge < -0.3 is 15.0 Å². The second-order valence-corrected chi connectivity index (χ2v) is 7.91. The van der Waals surface area contributed by atoms with E-state index in [9.17, 15) is 0 Å². The summed E-state index contributed by atoms with van der Waals surface area (Å²) in [6.45, 7) is 2.72. The molecule has 0 radical (unpaired) electrons. The van der Waals surface area contributed by atoms with Crippen molar-refractivity contribution in [2.75, 3.05) is 20.1 Å². The Morgan fingerprint density at radius 1 is 1.24 bits per heavy atom. The number of ether oxygens (including phenoxy) is 1. The zero-order valence-electron chi connectivity index (χ0n) is 17.4. The standard InChI is InChI=1S/C22H31N5O.HI/c1-23-22(27-12-11-18(16-27)19-14-25-26(2)15-19)24-13-17-7-3-6-10-21(17)28-20-8-4-5-9-20;/h3,6-7,10,14-15,18,20H,4-5,8-9,11-13,16H2,1-2H3,(H,23,24);1H. The molecular weight excluding hydrogens is 477 g/mol. The highest BCUT2D eigenvalue weighted by Gasteiger charge is 2.27.